The number of methoxy groups -OCH3 is 1. The lowest BCUT2D eigenvalue weighted by atomic mass is 10.1. The highest BCUT2D eigenvalue weighted by molar-refractivity contribution is 5.65. The third-order valence-electron chi connectivity index (χ3n) is 2.07. The van der Waals surface area contributed by atoms with Crippen molar-refractivity contribution in [1.82, 2.24) is 0 Å². The first-order valence-electron chi connectivity index (χ1n) is 4.76. The van der Waals surface area contributed by atoms with E-state index in [1.165, 1.54) is 0 Å². The largest absolute Gasteiger partial charge is 0.465 e. The number of aliphatic hydroxyl groups excluding tert-OH is 1. The smallest absolute Gasteiger partial charge is 0.196 e. The average molecular weight is 208 g/mol. The van der Waals surface area contributed by atoms with E-state index in [2.05, 4.69) is 6.58 Å². The molecule has 0 aliphatic heterocycles. The third kappa shape index (κ3) is 3.38. The highest BCUT2D eigenvalue weighted by atomic mass is 16.7. The predicted octanol–water partition coefficient (Wildman–Crippen LogP) is 2.06. The molecule has 0 aliphatic carbocycles. The molecule has 0 spiro atoms. The summed E-state index contributed by atoms with van der Waals surface area (Å²) in [6.07, 6.45) is -0.289. The Balaban J connectivity index is 2.78. The number of hydrogen-bond acceptors (Lipinski definition) is 3. The van der Waals surface area contributed by atoms with E-state index >= 15 is 0 Å². The van der Waals surface area contributed by atoms with Crippen molar-refractivity contribution in [3.63, 3.8) is 0 Å². The highest BCUT2D eigenvalue weighted by Gasteiger charge is 2.03. The molecule has 82 valence electrons. The van der Waals surface area contributed by atoms with E-state index in [1.54, 1.807) is 7.11 Å². The van der Waals surface area contributed by atoms with Gasteiger partial charge in [0, 0.05) is 7.11 Å². The molecule has 1 atom stereocenters. The SMILES string of the molecule is C=C(CO)c1cccc(OC(C)OC)c1. The maximum atomic E-state index is 8.94. The molecule has 1 rings (SSSR count). The standard InChI is InChI=1S/C12H16O3/c1-9(8-13)11-5-4-6-12(7-11)15-10(2)14-3/h4-7,10,13H,1,8H2,2-3H3. The van der Waals surface area contributed by atoms with Crippen molar-refractivity contribution in [2.75, 3.05) is 13.7 Å². The summed E-state index contributed by atoms with van der Waals surface area (Å²) in [6, 6.07) is 7.40. The van der Waals surface area contributed by atoms with Crippen molar-refractivity contribution in [3.05, 3.63) is 36.4 Å². The molecule has 0 aliphatic rings. The lowest BCUT2D eigenvalue weighted by molar-refractivity contribution is -0.0382. The van der Waals surface area contributed by atoms with E-state index in [1.807, 2.05) is 31.2 Å². The van der Waals surface area contributed by atoms with E-state index in [9.17, 15) is 0 Å². The highest BCUT2D eigenvalue weighted by Crippen LogP contribution is 2.19. The second-order valence-corrected chi connectivity index (χ2v) is 3.21. The topological polar surface area (TPSA) is 38.7 Å². The minimum absolute atomic E-state index is 0.0523. The summed E-state index contributed by atoms with van der Waals surface area (Å²) in [5, 5.41) is 8.94. The Bertz CT molecular complexity index is 333. The van der Waals surface area contributed by atoms with Gasteiger partial charge >= 0.3 is 0 Å². The lowest BCUT2D eigenvalue weighted by Gasteiger charge is -2.13. The van der Waals surface area contributed by atoms with Crippen LogP contribution in [0.5, 0.6) is 5.75 Å². The van der Waals surface area contributed by atoms with Crippen LogP contribution in [-0.2, 0) is 4.74 Å². The van der Waals surface area contributed by atoms with Gasteiger partial charge in [0.25, 0.3) is 0 Å². The van der Waals surface area contributed by atoms with Crippen molar-refractivity contribution in [2.24, 2.45) is 0 Å². The molecule has 0 saturated heterocycles. The van der Waals surface area contributed by atoms with E-state index < -0.39 is 0 Å². The molecular weight excluding hydrogens is 192 g/mol. The first-order valence-corrected chi connectivity index (χ1v) is 4.76. The van der Waals surface area contributed by atoms with Crippen LogP contribution in [0, 0.1) is 0 Å². The van der Waals surface area contributed by atoms with Crippen LogP contribution in [0.2, 0.25) is 0 Å². The fourth-order valence-corrected chi connectivity index (χ4v) is 1.12. The van der Waals surface area contributed by atoms with Gasteiger partial charge in [-0.05, 0) is 30.2 Å². The maximum Gasteiger partial charge on any atom is 0.196 e. The Hall–Kier alpha value is -1.32. The zero-order valence-corrected chi connectivity index (χ0v) is 9.06. The number of ether oxygens (including phenoxy) is 2. The van der Waals surface area contributed by atoms with Crippen LogP contribution in [0.3, 0.4) is 0 Å². The van der Waals surface area contributed by atoms with Crippen LogP contribution in [0.25, 0.3) is 5.57 Å². The van der Waals surface area contributed by atoms with Crippen LogP contribution in [0.1, 0.15) is 12.5 Å². The van der Waals surface area contributed by atoms with Gasteiger partial charge in [-0.1, -0.05) is 18.7 Å². The Morgan fingerprint density at radius 1 is 1.53 bits per heavy atom. The summed E-state index contributed by atoms with van der Waals surface area (Å²) in [5.74, 6) is 0.705. The Labute approximate surface area is 90.0 Å². The number of aliphatic hydroxyl groups is 1. The van der Waals surface area contributed by atoms with E-state index in [0.29, 0.717) is 11.3 Å². The number of benzene rings is 1. The first kappa shape index (κ1) is 11.8. The van der Waals surface area contributed by atoms with E-state index in [4.69, 9.17) is 14.6 Å². The minimum Gasteiger partial charge on any atom is -0.465 e. The zero-order chi connectivity index (χ0) is 11.3. The molecule has 0 fully saturated rings. The molecule has 1 aromatic carbocycles. The van der Waals surface area contributed by atoms with Gasteiger partial charge in [0.05, 0.1) is 6.61 Å². The summed E-state index contributed by atoms with van der Waals surface area (Å²) in [7, 11) is 1.58. The Morgan fingerprint density at radius 2 is 2.27 bits per heavy atom. The summed E-state index contributed by atoms with van der Waals surface area (Å²) in [6.45, 7) is 5.51. The van der Waals surface area contributed by atoms with Crippen molar-refractivity contribution >= 4 is 5.57 Å². The second-order valence-electron chi connectivity index (χ2n) is 3.21. The van der Waals surface area contributed by atoms with Gasteiger partial charge < -0.3 is 14.6 Å². The minimum atomic E-state index is -0.289. The zero-order valence-electron chi connectivity index (χ0n) is 9.06. The van der Waals surface area contributed by atoms with Crippen molar-refractivity contribution in [3.8, 4) is 5.75 Å². The van der Waals surface area contributed by atoms with Gasteiger partial charge in [-0.2, -0.15) is 0 Å². The molecule has 0 bridgehead atoms. The normalized spacial score (nSPS) is 12.2. The van der Waals surface area contributed by atoms with Gasteiger partial charge in [0.15, 0.2) is 6.29 Å². The van der Waals surface area contributed by atoms with Crippen molar-refractivity contribution in [2.45, 2.75) is 13.2 Å². The Kier molecular flexibility index (Phi) is 4.34. The van der Waals surface area contributed by atoms with Crippen LogP contribution in [-0.4, -0.2) is 25.1 Å². The molecule has 15 heavy (non-hydrogen) atoms. The second kappa shape index (κ2) is 5.53. The third-order valence-corrected chi connectivity index (χ3v) is 2.07. The van der Waals surface area contributed by atoms with Gasteiger partial charge in [-0.3, -0.25) is 0 Å². The predicted molar refractivity (Wildman–Crippen MR) is 59.7 cm³/mol. The van der Waals surface area contributed by atoms with Crippen LogP contribution < -0.4 is 4.74 Å². The molecule has 0 radical (unpaired) electrons. The average Bonchev–Trinajstić information content (AvgIpc) is 2.28. The summed E-state index contributed by atoms with van der Waals surface area (Å²) in [5.41, 5.74) is 1.55. The summed E-state index contributed by atoms with van der Waals surface area (Å²) >= 11 is 0. The molecule has 0 heterocycles. The van der Waals surface area contributed by atoms with Gasteiger partial charge in [0.1, 0.15) is 5.75 Å². The van der Waals surface area contributed by atoms with E-state index in [-0.39, 0.29) is 12.9 Å². The number of hydrogen-bond donors (Lipinski definition) is 1. The Morgan fingerprint density at radius 3 is 2.87 bits per heavy atom. The van der Waals surface area contributed by atoms with Crippen molar-refractivity contribution in [1.29, 1.82) is 0 Å². The summed E-state index contributed by atoms with van der Waals surface area (Å²) in [4.78, 5) is 0. The quantitative estimate of drug-likeness (QED) is 0.753. The van der Waals surface area contributed by atoms with Crippen LogP contribution in [0.15, 0.2) is 30.8 Å². The van der Waals surface area contributed by atoms with Crippen LogP contribution in [0.4, 0.5) is 0 Å². The molecule has 3 nitrogen and oxygen atoms in total. The lowest BCUT2D eigenvalue weighted by Crippen LogP contribution is -2.13. The molecule has 0 saturated carbocycles. The monoisotopic (exact) mass is 208 g/mol. The molecule has 1 N–H and O–H groups in total. The van der Waals surface area contributed by atoms with Crippen LogP contribution >= 0.6 is 0 Å². The molecule has 0 aromatic heterocycles. The van der Waals surface area contributed by atoms with Gasteiger partial charge in [-0.15, -0.1) is 0 Å². The fourth-order valence-electron chi connectivity index (χ4n) is 1.12. The molecule has 3 heteroatoms. The first-order chi connectivity index (χ1) is 7.17. The fraction of sp³-hybridized carbons (Fsp3) is 0.333. The van der Waals surface area contributed by atoms with Crippen molar-refractivity contribution < 1.29 is 14.6 Å². The molecular formula is C12H16O3. The summed E-state index contributed by atoms with van der Waals surface area (Å²) < 4.78 is 10.4. The maximum absolute atomic E-state index is 8.94. The molecule has 1 unspecified atom stereocenters. The molecule has 0 amide bonds. The number of rotatable bonds is 5. The molecule has 1 aromatic rings. The van der Waals surface area contributed by atoms with Gasteiger partial charge in [0.2, 0.25) is 0 Å². The van der Waals surface area contributed by atoms with E-state index in [0.717, 1.165) is 5.56 Å². The van der Waals surface area contributed by atoms with Gasteiger partial charge in [-0.25, -0.2) is 0 Å².